The summed E-state index contributed by atoms with van der Waals surface area (Å²) in [4.78, 5) is 4.27. The van der Waals surface area contributed by atoms with Crippen LogP contribution in [0, 0.1) is 0 Å². The topological polar surface area (TPSA) is 12.9 Å². The predicted molar refractivity (Wildman–Crippen MR) is 104 cm³/mol. The highest BCUT2D eigenvalue weighted by atomic mass is 35.5. The second-order valence-corrected chi connectivity index (χ2v) is 7.28. The summed E-state index contributed by atoms with van der Waals surface area (Å²) >= 11 is 5.95. The van der Waals surface area contributed by atoms with Crippen molar-refractivity contribution in [3.63, 3.8) is 0 Å². The van der Waals surface area contributed by atoms with E-state index in [4.69, 9.17) is 11.6 Å². The van der Waals surface area contributed by atoms with Crippen LogP contribution in [0.3, 0.4) is 0 Å². The highest BCUT2D eigenvalue weighted by Gasteiger charge is 2.18. The van der Waals surface area contributed by atoms with E-state index in [1.165, 1.54) is 38.3 Å². The molecule has 0 amide bonds. The number of aromatic nitrogens is 1. The first-order valence-corrected chi connectivity index (χ1v) is 9.21. The molecular weight excluding hydrogens is 326 g/mol. The van der Waals surface area contributed by atoms with Crippen molar-refractivity contribution in [2.75, 3.05) is 0 Å². The minimum atomic E-state index is 0.411. The van der Waals surface area contributed by atoms with E-state index in [0.717, 1.165) is 19.3 Å². The number of hydrogen-bond acceptors (Lipinski definition) is 1. The second kappa shape index (κ2) is 5.86. The molecule has 1 nitrogen and oxygen atoms in total. The van der Waals surface area contributed by atoms with E-state index in [1.54, 1.807) is 0 Å². The molecule has 0 saturated heterocycles. The molecule has 1 unspecified atom stereocenters. The van der Waals surface area contributed by atoms with Gasteiger partial charge in [-0.15, -0.1) is 0 Å². The molecule has 2 aliphatic carbocycles. The van der Waals surface area contributed by atoms with E-state index in [-0.39, 0.29) is 0 Å². The van der Waals surface area contributed by atoms with Crippen LogP contribution in [0.1, 0.15) is 29.0 Å². The van der Waals surface area contributed by atoms with Crippen molar-refractivity contribution in [1.82, 2.24) is 4.98 Å². The van der Waals surface area contributed by atoms with Crippen molar-refractivity contribution in [1.29, 1.82) is 0 Å². The number of nitrogens with zero attached hydrogens (tertiary/aromatic N) is 1. The summed E-state index contributed by atoms with van der Waals surface area (Å²) in [5, 5.41) is 3.38. The van der Waals surface area contributed by atoms with Crippen molar-refractivity contribution < 1.29 is 0 Å². The summed E-state index contributed by atoms with van der Waals surface area (Å²) in [6.07, 6.45) is 10.0. The van der Waals surface area contributed by atoms with Gasteiger partial charge in [-0.3, -0.25) is 0 Å². The summed E-state index contributed by atoms with van der Waals surface area (Å²) < 4.78 is 0. The standard InChI is InChI=1S/C23H18ClN/c24-23-12-9-18(14-25-23)17-6-5-16-8-10-20-19-4-2-1-3-15(19)7-11-21(20)22(16)13-17/h1-4,8-14,17H,5-7H2. The van der Waals surface area contributed by atoms with Crippen LogP contribution in [0.25, 0.3) is 23.3 Å². The van der Waals surface area contributed by atoms with Crippen LogP contribution in [0.5, 0.6) is 0 Å². The van der Waals surface area contributed by atoms with Gasteiger partial charge in [0.1, 0.15) is 5.15 Å². The van der Waals surface area contributed by atoms with Crippen molar-refractivity contribution in [3.8, 4) is 11.1 Å². The zero-order chi connectivity index (χ0) is 16.8. The number of rotatable bonds is 1. The summed E-state index contributed by atoms with van der Waals surface area (Å²) in [5.41, 5.74) is 6.89. The Hall–Kier alpha value is -2.38. The fraction of sp³-hybridized carbons (Fsp3) is 0.174. The van der Waals surface area contributed by atoms with Gasteiger partial charge in [0.2, 0.25) is 0 Å². The van der Waals surface area contributed by atoms with Crippen LogP contribution in [-0.4, -0.2) is 4.98 Å². The normalized spacial score (nSPS) is 17.6. The quantitative estimate of drug-likeness (QED) is 0.602. The number of hydrogen-bond donors (Lipinski definition) is 0. The molecule has 1 heterocycles. The lowest BCUT2D eigenvalue weighted by Gasteiger charge is -2.22. The Balaban J connectivity index is 1.70. The van der Waals surface area contributed by atoms with Gasteiger partial charge in [0, 0.05) is 12.1 Å². The third-order valence-electron chi connectivity index (χ3n) is 5.48. The summed E-state index contributed by atoms with van der Waals surface area (Å²) in [7, 11) is 0. The molecule has 2 aromatic carbocycles. The number of aryl methyl sites for hydroxylation is 1. The molecule has 122 valence electrons. The van der Waals surface area contributed by atoms with Gasteiger partial charge in [-0.05, 0) is 63.6 Å². The molecule has 1 atom stereocenters. The maximum atomic E-state index is 5.95. The summed E-state index contributed by atoms with van der Waals surface area (Å²) in [6.45, 7) is 0. The maximum absolute atomic E-state index is 5.95. The van der Waals surface area contributed by atoms with E-state index in [9.17, 15) is 0 Å². The maximum Gasteiger partial charge on any atom is 0.129 e. The molecule has 0 aliphatic heterocycles. The highest BCUT2D eigenvalue weighted by Crippen LogP contribution is 2.28. The molecule has 0 saturated carbocycles. The Labute approximate surface area is 152 Å². The number of pyridine rings is 1. The molecule has 0 bridgehead atoms. The van der Waals surface area contributed by atoms with E-state index in [2.05, 4.69) is 59.6 Å². The lowest BCUT2D eigenvalue weighted by molar-refractivity contribution is 0.736. The third kappa shape index (κ3) is 2.51. The minimum absolute atomic E-state index is 0.411. The molecule has 5 rings (SSSR count). The molecule has 0 N–H and O–H groups in total. The fourth-order valence-electron chi connectivity index (χ4n) is 4.19. The van der Waals surface area contributed by atoms with Crippen LogP contribution in [0.15, 0.2) is 54.7 Å². The van der Waals surface area contributed by atoms with Gasteiger partial charge in [0.25, 0.3) is 0 Å². The Morgan fingerprint density at radius 3 is 2.68 bits per heavy atom. The third-order valence-corrected chi connectivity index (χ3v) is 5.71. The van der Waals surface area contributed by atoms with Crippen molar-refractivity contribution in [2.24, 2.45) is 0 Å². The van der Waals surface area contributed by atoms with Gasteiger partial charge in [-0.1, -0.05) is 66.2 Å². The average Bonchev–Trinajstić information content (AvgIpc) is 2.67. The van der Waals surface area contributed by atoms with Crippen LogP contribution >= 0.6 is 11.6 Å². The SMILES string of the molecule is Clc1ccc(C2C=c3c(ccc4c3=CCc3ccccc3-4)CC2)cn1. The Morgan fingerprint density at radius 2 is 1.80 bits per heavy atom. The van der Waals surface area contributed by atoms with Gasteiger partial charge < -0.3 is 0 Å². The van der Waals surface area contributed by atoms with Crippen LogP contribution in [0.2, 0.25) is 5.15 Å². The lowest BCUT2D eigenvalue weighted by Crippen LogP contribution is -2.35. The van der Waals surface area contributed by atoms with Crippen LogP contribution in [0.4, 0.5) is 0 Å². The van der Waals surface area contributed by atoms with Crippen molar-refractivity contribution in [2.45, 2.75) is 25.2 Å². The molecule has 0 radical (unpaired) electrons. The molecule has 0 spiro atoms. The number of halogens is 1. The Morgan fingerprint density at radius 1 is 0.880 bits per heavy atom. The first kappa shape index (κ1) is 14.9. The molecule has 3 aromatic rings. The van der Waals surface area contributed by atoms with Crippen LogP contribution in [-0.2, 0) is 12.8 Å². The van der Waals surface area contributed by atoms with E-state index >= 15 is 0 Å². The first-order chi connectivity index (χ1) is 12.3. The average molecular weight is 344 g/mol. The first-order valence-electron chi connectivity index (χ1n) is 8.83. The van der Waals surface area contributed by atoms with Gasteiger partial charge in [-0.2, -0.15) is 0 Å². The van der Waals surface area contributed by atoms with E-state index in [1.807, 2.05) is 12.3 Å². The monoisotopic (exact) mass is 343 g/mol. The Bertz CT molecular complexity index is 1080. The summed E-state index contributed by atoms with van der Waals surface area (Å²) in [6, 6.07) is 17.4. The van der Waals surface area contributed by atoms with Crippen molar-refractivity contribution >= 4 is 23.8 Å². The molecule has 2 heteroatoms. The molecular formula is C23H18ClN. The zero-order valence-electron chi connectivity index (χ0n) is 13.9. The number of benzene rings is 2. The second-order valence-electron chi connectivity index (χ2n) is 6.89. The van der Waals surface area contributed by atoms with E-state index in [0.29, 0.717) is 11.1 Å². The lowest BCUT2D eigenvalue weighted by atomic mass is 9.83. The zero-order valence-corrected chi connectivity index (χ0v) is 14.6. The Kier molecular flexibility index (Phi) is 3.50. The minimum Gasteiger partial charge on any atom is -0.244 e. The van der Waals surface area contributed by atoms with Crippen molar-refractivity contribution in [3.05, 3.63) is 87.0 Å². The molecule has 1 aromatic heterocycles. The van der Waals surface area contributed by atoms with Gasteiger partial charge in [-0.25, -0.2) is 4.98 Å². The fourth-order valence-corrected chi connectivity index (χ4v) is 4.30. The molecule has 25 heavy (non-hydrogen) atoms. The van der Waals surface area contributed by atoms with Gasteiger partial charge in [0.05, 0.1) is 0 Å². The summed E-state index contributed by atoms with van der Waals surface area (Å²) in [5.74, 6) is 0.411. The van der Waals surface area contributed by atoms with Gasteiger partial charge in [0.15, 0.2) is 0 Å². The highest BCUT2D eigenvalue weighted by molar-refractivity contribution is 6.29. The van der Waals surface area contributed by atoms with Gasteiger partial charge >= 0.3 is 0 Å². The molecule has 0 fully saturated rings. The van der Waals surface area contributed by atoms with E-state index < -0.39 is 0 Å². The smallest absolute Gasteiger partial charge is 0.129 e. The molecule has 2 aliphatic rings. The predicted octanol–water partition coefficient (Wildman–Crippen LogP) is 4.25. The number of fused-ring (bicyclic) bond motifs is 5. The largest absolute Gasteiger partial charge is 0.244 e. The van der Waals surface area contributed by atoms with Crippen LogP contribution < -0.4 is 10.4 Å².